The van der Waals surface area contributed by atoms with Crippen LogP contribution in [0.25, 0.3) is 0 Å². The van der Waals surface area contributed by atoms with Crippen LogP contribution in [0.5, 0.6) is 5.75 Å². The number of benzene rings is 1. The lowest BCUT2D eigenvalue weighted by molar-refractivity contribution is -0.134. The van der Waals surface area contributed by atoms with Gasteiger partial charge >= 0.3 is 5.97 Å². The predicted molar refractivity (Wildman–Crippen MR) is 85.8 cm³/mol. The molecule has 2 aromatic rings. The number of esters is 1. The molecule has 0 radical (unpaired) electrons. The Hall–Kier alpha value is -2.28. The molecule has 1 aromatic carbocycles. The lowest BCUT2D eigenvalue weighted by atomic mass is 10.3. The van der Waals surface area contributed by atoms with Crippen molar-refractivity contribution in [2.75, 3.05) is 13.1 Å². The fourth-order valence-electron chi connectivity index (χ4n) is 2.20. The number of aryl methyl sites for hydroxylation is 1. The molecule has 0 saturated heterocycles. The van der Waals surface area contributed by atoms with Gasteiger partial charge in [-0.05, 0) is 42.1 Å². The molecule has 0 saturated carbocycles. The minimum absolute atomic E-state index is 0.241. The molecule has 1 heterocycles. The zero-order valence-corrected chi connectivity index (χ0v) is 13.7. The van der Waals surface area contributed by atoms with Gasteiger partial charge in [-0.25, -0.2) is 4.68 Å². The average Bonchev–Trinajstić information content (AvgIpc) is 3.00. The van der Waals surface area contributed by atoms with Gasteiger partial charge in [-0.2, -0.15) is 0 Å². The van der Waals surface area contributed by atoms with E-state index in [1.807, 2.05) is 18.2 Å². The van der Waals surface area contributed by atoms with E-state index in [1.54, 1.807) is 16.8 Å². The Labute approximate surface area is 136 Å². The summed E-state index contributed by atoms with van der Waals surface area (Å²) in [5.41, 5.74) is 0. The number of tetrazole rings is 1. The first-order valence-electron chi connectivity index (χ1n) is 7.96. The van der Waals surface area contributed by atoms with Crippen molar-refractivity contribution >= 4 is 5.97 Å². The van der Waals surface area contributed by atoms with Crippen molar-refractivity contribution < 1.29 is 9.53 Å². The Morgan fingerprint density at radius 3 is 2.65 bits per heavy atom. The van der Waals surface area contributed by atoms with Crippen LogP contribution >= 0.6 is 0 Å². The summed E-state index contributed by atoms with van der Waals surface area (Å²) in [5, 5.41) is 11.8. The lowest BCUT2D eigenvalue weighted by Gasteiger charge is -2.16. The van der Waals surface area contributed by atoms with Gasteiger partial charge in [0, 0.05) is 13.0 Å². The summed E-state index contributed by atoms with van der Waals surface area (Å²) in [5.74, 6) is 1.15. The predicted octanol–water partition coefficient (Wildman–Crippen LogP) is 1.90. The first-order valence-corrected chi connectivity index (χ1v) is 7.96. The molecule has 0 aliphatic heterocycles. The number of nitrogens with zero attached hydrogens (tertiary/aromatic N) is 5. The summed E-state index contributed by atoms with van der Waals surface area (Å²) >= 11 is 0. The van der Waals surface area contributed by atoms with Crippen LogP contribution in [-0.4, -0.2) is 44.2 Å². The maximum Gasteiger partial charge on any atom is 0.311 e. The highest BCUT2D eigenvalue weighted by Gasteiger charge is 2.11. The molecule has 0 amide bonds. The smallest absolute Gasteiger partial charge is 0.311 e. The topological polar surface area (TPSA) is 73.1 Å². The monoisotopic (exact) mass is 317 g/mol. The molecule has 7 nitrogen and oxygen atoms in total. The van der Waals surface area contributed by atoms with Crippen molar-refractivity contribution in [3.05, 3.63) is 36.2 Å². The number of rotatable bonds is 9. The molecule has 0 unspecified atom stereocenters. The summed E-state index contributed by atoms with van der Waals surface area (Å²) in [6, 6.07) is 9.09. The second-order valence-electron chi connectivity index (χ2n) is 5.17. The lowest BCUT2D eigenvalue weighted by Crippen LogP contribution is -2.24. The Balaban J connectivity index is 1.78. The molecule has 0 bridgehead atoms. The summed E-state index contributed by atoms with van der Waals surface area (Å²) in [6.07, 6.45) is 0.974. The van der Waals surface area contributed by atoms with E-state index in [9.17, 15) is 4.79 Å². The van der Waals surface area contributed by atoms with E-state index in [4.69, 9.17) is 4.74 Å². The van der Waals surface area contributed by atoms with Crippen molar-refractivity contribution in [1.29, 1.82) is 0 Å². The minimum atomic E-state index is -0.241. The molecule has 124 valence electrons. The molecular weight excluding hydrogens is 294 g/mol. The maximum atomic E-state index is 11.8. The van der Waals surface area contributed by atoms with Crippen molar-refractivity contribution in [3.63, 3.8) is 0 Å². The van der Waals surface area contributed by atoms with Crippen LogP contribution in [0.1, 0.15) is 32.5 Å². The zero-order chi connectivity index (χ0) is 16.5. The number of ether oxygens (including phenoxy) is 1. The third-order valence-electron chi connectivity index (χ3n) is 3.59. The van der Waals surface area contributed by atoms with Crippen LogP contribution in [0, 0.1) is 0 Å². The standard InChI is InChI=1S/C16H23N5O2/c1-3-20(4-2)13-15-17-18-19-21(15)12-8-11-16(22)23-14-9-6-5-7-10-14/h5-7,9-10H,3-4,8,11-13H2,1-2H3. The Morgan fingerprint density at radius 1 is 1.22 bits per heavy atom. The van der Waals surface area contributed by atoms with Gasteiger partial charge in [0.25, 0.3) is 0 Å². The SMILES string of the molecule is CCN(CC)Cc1nnnn1CCCC(=O)Oc1ccccc1. The van der Waals surface area contributed by atoms with Gasteiger partial charge in [-0.15, -0.1) is 5.10 Å². The normalized spacial score (nSPS) is 10.9. The highest BCUT2D eigenvalue weighted by Crippen LogP contribution is 2.10. The van der Waals surface area contributed by atoms with Gasteiger partial charge in [0.15, 0.2) is 5.82 Å². The van der Waals surface area contributed by atoms with Crippen molar-refractivity contribution in [2.24, 2.45) is 0 Å². The molecule has 0 spiro atoms. The molecule has 23 heavy (non-hydrogen) atoms. The Kier molecular flexibility index (Phi) is 6.68. The van der Waals surface area contributed by atoms with Crippen LogP contribution in [0.2, 0.25) is 0 Å². The molecule has 0 aliphatic rings. The Bertz CT molecular complexity index is 596. The molecule has 0 N–H and O–H groups in total. The molecule has 0 fully saturated rings. The summed E-state index contributed by atoms with van der Waals surface area (Å²) in [7, 11) is 0. The quantitative estimate of drug-likeness (QED) is 0.519. The zero-order valence-electron chi connectivity index (χ0n) is 13.7. The van der Waals surface area contributed by atoms with Crippen LogP contribution in [0.15, 0.2) is 30.3 Å². The van der Waals surface area contributed by atoms with Crippen LogP contribution in [0.3, 0.4) is 0 Å². The van der Waals surface area contributed by atoms with Gasteiger partial charge in [-0.1, -0.05) is 32.0 Å². The second kappa shape index (κ2) is 8.99. The Morgan fingerprint density at radius 2 is 1.96 bits per heavy atom. The maximum absolute atomic E-state index is 11.8. The molecule has 7 heteroatoms. The van der Waals surface area contributed by atoms with E-state index < -0.39 is 0 Å². The van der Waals surface area contributed by atoms with Gasteiger partial charge in [0.1, 0.15) is 5.75 Å². The third kappa shape index (κ3) is 5.45. The number of carbonyl (C=O) groups is 1. The first kappa shape index (κ1) is 17.1. The number of carbonyl (C=O) groups excluding carboxylic acids is 1. The number of hydrogen-bond donors (Lipinski definition) is 0. The van der Waals surface area contributed by atoms with E-state index >= 15 is 0 Å². The van der Waals surface area contributed by atoms with E-state index in [2.05, 4.69) is 34.3 Å². The summed E-state index contributed by atoms with van der Waals surface area (Å²) in [6.45, 7) is 7.44. The third-order valence-corrected chi connectivity index (χ3v) is 3.59. The van der Waals surface area contributed by atoms with Gasteiger partial charge in [-0.3, -0.25) is 9.69 Å². The molecule has 2 rings (SSSR count). The van der Waals surface area contributed by atoms with Crippen molar-refractivity contribution in [2.45, 2.75) is 39.8 Å². The minimum Gasteiger partial charge on any atom is -0.427 e. The molecular formula is C16H23N5O2. The molecule has 0 atom stereocenters. The summed E-state index contributed by atoms with van der Waals surface area (Å²) in [4.78, 5) is 14.0. The van der Waals surface area contributed by atoms with Gasteiger partial charge in [0.05, 0.1) is 6.54 Å². The highest BCUT2D eigenvalue weighted by atomic mass is 16.5. The van der Waals surface area contributed by atoms with E-state index in [0.29, 0.717) is 31.7 Å². The van der Waals surface area contributed by atoms with Gasteiger partial charge in [0.2, 0.25) is 0 Å². The molecule has 1 aromatic heterocycles. The van der Waals surface area contributed by atoms with Crippen LogP contribution in [-0.2, 0) is 17.9 Å². The van der Waals surface area contributed by atoms with Crippen LogP contribution < -0.4 is 4.74 Å². The second-order valence-corrected chi connectivity index (χ2v) is 5.17. The number of aromatic nitrogens is 4. The average molecular weight is 317 g/mol. The van der Waals surface area contributed by atoms with E-state index in [0.717, 1.165) is 18.9 Å². The highest BCUT2D eigenvalue weighted by molar-refractivity contribution is 5.72. The van der Waals surface area contributed by atoms with E-state index in [1.165, 1.54) is 0 Å². The first-order chi connectivity index (χ1) is 11.2. The number of para-hydroxylation sites is 1. The van der Waals surface area contributed by atoms with Crippen LogP contribution in [0.4, 0.5) is 0 Å². The van der Waals surface area contributed by atoms with Crippen molar-refractivity contribution in [1.82, 2.24) is 25.1 Å². The molecule has 0 aliphatic carbocycles. The summed E-state index contributed by atoms with van der Waals surface area (Å²) < 4.78 is 7.01. The van der Waals surface area contributed by atoms with Crippen molar-refractivity contribution in [3.8, 4) is 5.75 Å². The van der Waals surface area contributed by atoms with E-state index in [-0.39, 0.29) is 5.97 Å². The van der Waals surface area contributed by atoms with Gasteiger partial charge < -0.3 is 4.74 Å². The fraction of sp³-hybridized carbons (Fsp3) is 0.500. The fourth-order valence-corrected chi connectivity index (χ4v) is 2.20. The number of hydrogen-bond acceptors (Lipinski definition) is 6. The largest absolute Gasteiger partial charge is 0.427 e.